The fourth-order valence-corrected chi connectivity index (χ4v) is 3.16. The van der Waals surface area contributed by atoms with Crippen molar-refractivity contribution in [3.8, 4) is 0 Å². The third kappa shape index (κ3) is 4.67. The predicted molar refractivity (Wildman–Crippen MR) is 107 cm³/mol. The van der Waals surface area contributed by atoms with Crippen LogP contribution in [0, 0.1) is 5.92 Å². The van der Waals surface area contributed by atoms with Gasteiger partial charge in [-0.2, -0.15) is 0 Å². The summed E-state index contributed by atoms with van der Waals surface area (Å²) < 4.78 is 0. The first-order valence-electron chi connectivity index (χ1n) is 9.02. The van der Waals surface area contributed by atoms with E-state index in [0.717, 1.165) is 42.7 Å². The van der Waals surface area contributed by atoms with E-state index in [0.29, 0.717) is 18.0 Å². The van der Waals surface area contributed by atoms with Gasteiger partial charge in [-0.25, -0.2) is 4.98 Å². The second-order valence-electron chi connectivity index (χ2n) is 6.96. The Kier molecular flexibility index (Phi) is 5.99. The van der Waals surface area contributed by atoms with E-state index in [1.165, 1.54) is 0 Å². The maximum absolute atomic E-state index is 12.1. The maximum atomic E-state index is 12.1. The highest BCUT2D eigenvalue weighted by molar-refractivity contribution is 6.30. The number of piperazine rings is 1. The smallest absolute Gasteiger partial charge is 0.252 e. The summed E-state index contributed by atoms with van der Waals surface area (Å²) in [7, 11) is 0. The maximum Gasteiger partial charge on any atom is 0.252 e. The molecular formula is C20H25ClN4O. The van der Waals surface area contributed by atoms with E-state index in [1.54, 1.807) is 6.20 Å². The standard InChI is InChI=1S/C20H25ClN4O/c1-15(2)13-23-20(26)16-6-7-19(22-14-16)25-10-8-24(9-11-25)18-5-3-4-17(21)12-18/h3-7,12,14-15H,8-11,13H2,1-2H3,(H,23,26). The average molecular weight is 373 g/mol. The van der Waals surface area contributed by atoms with Crippen LogP contribution < -0.4 is 15.1 Å². The number of nitrogens with one attached hydrogen (secondary N) is 1. The first-order chi connectivity index (χ1) is 12.5. The third-order valence-corrected chi connectivity index (χ3v) is 4.69. The molecule has 1 aliphatic rings. The number of carbonyl (C=O) groups excluding carboxylic acids is 1. The molecule has 0 unspecified atom stereocenters. The Balaban J connectivity index is 1.57. The van der Waals surface area contributed by atoms with Crippen molar-refractivity contribution in [1.82, 2.24) is 10.3 Å². The Morgan fingerprint density at radius 1 is 1.15 bits per heavy atom. The van der Waals surface area contributed by atoms with Gasteiger partial charge in [0.25, 0.3) is 5.91 Å². The lowest BCUT2D eigenvalue weighted by molar-refractivity contribution is 0.0948. The normalized spacial score (nSPS) is 14.6. The van der Waals surface area contributed by atoms with Gasteiger partial charge in [0.1, 0.15) is 5.82 Å². The van der Waals surface area contributed by atoms with Gasteiger partial charge in [-0.1, -0.05) is 31.5 Å². The van der Waals surface area contributed by atoms with Gasteiger partial charge < -0.3 is 15.1 Å². The minimum Gasteiger partial charge on any atom is -0.368 e. The van der Waals surface area contributed by atoms with Crippen LogP contribution in [-0.2, 0) is 0 Å². The van der Waals surface area contributed by atoms with Gasteiger partial charge in [0, 0.05) is 49.6 Å². The van der Waals surface area contributed by atoms with E-state index < -0.39 is 0 Å². The van der Waals surface area contributed by atoms with Crippen LogP contribution in [0.2, 0.25) is 5.02 Å². The SMILES string of the molecule is CC(C)CNC(=O)c1ccc(N2CCN(c3cccc(Cl)c3)CC2)nc1. The number of nitrogens with zero attached hydrogens (tertiary/aromatic N) is 3. The van der Waals surface area contributed by atoms with Crippen molar-refractivity contribution in [2.24, 2.45) is 5.92 Å². The van der Waals surface area contributed by atoms with E-state index in [9.17, 15) is 4.79 Å². The van der Waals surface area contributed by atoms with Crippen LogP contribution in [0.1, 0.15) is 24.2 Å². The number of pyridine rings is 1. The summed E-state index contributed by atoms with van der Waals surface area (Å²) in [5.41, 5.74) is 1.76. The first kappa shape index (κ1) is 18.5. The van der Waals surface area contributed by atoms with Crippen LogP contribution in [0.4, 0.5) is 11.5 Å². The van der Waals surface area contributed by atoms with Crippen LogP contribution >= 0.6 is 11.6 Å². The van der Waals surface area contributed by atoms with E-state index in [1.807, 2.05) is 30.3 Å². The Labute approximate surface area is 160 Å². The Morgan fingerprint density at radius 2 is 1.88 bits per heavy atom. The van der Waals surface area contributed by atoms with Crippen LogP contribution in [-0.4, -0.2) is 43.6 Å². The molecule has 6 heteroatoms. The number of hydrogen-bond acceptors (Lipinski definition) is 4. The Bertz CT molecular complexity index is 740. The lowest BCUT2D eigenvalue weighted by Gasteiger charge is -2.36. The molecule has 5 nitrogen and oxygen atoms in total. The molecule has 0 aliphatic carbocycles. The summed E-state index contributed by atoms with van der Waals surface area (Å²) in [6.45, 7) is 8.43. The fraction of sp³-hybridized carbons (Fsp3) is 0.400. The molecule has 0 bridgehead atoms. The van der Waals surface area contributed by atoms with Gasteiger partial charge in [-0.3, -0.25) is 4.79 Å². The first-order valence-corrected chi connectivity index (χ1v) is 9.40. The molecule has 2 aromatic rings. The van der Waals surface area contributed by atoms with Crippen LogP contribution in [0.5, 0.6) is 0 Å². The van der Waals surface area contributed by atoms with Crippen molar-refractivity contribution in [2.45, 2.75) is 13.8 Å². The quantitative estimate of drug-likeness (QED) is 0.873. The summed E-state index contributed by atoms with van der Waals surface area (Å²) in [6, 6.07) is 11.7. The van der Waals surface area contributed by atoms with Crippen molar-refractivity contribution in [3.63, 3.8) is 0 Å². The van der Waals surface area contributed by atoms with Crippen molar-refractivity contribution in [1.29, 1.82) is 0 Å². The molecule has 0 spiro atoms. The molecule has 0 saturated carbocycles. The molecule has 2 heterocycles. The molecule has 26 heavy (non-hydrogen) atoms. The van der Waals surface area contributed by atoms with Gasteiger partial charge in [-0.15, -0.1) is 0 Å². The number of rotatable bonds is 5. The summed E-state index contributed by atoms with van der Waals surface area (Å²) in [5, 5.41) is 3.68. The second kappa shape index (κ2) is 8.41. The molecule has 138 valence electrons. The molecule has 1 aromatic heterocycles. The predicted octanol–water partition coefficient (Wildman–Crippen LogP) is 3.45. The number of amides is 1. The van der Waals surface area contributed by atoms with E-state index in [-0.39, 0.29) is 5.91 Å². The van der Waals surface area contributed by atoms with Crippen LogP contribution in [0.3, 0.4) is 0 Å². The van der Waals surface area contributed by atoms with Gasteiger partial charge in [0.15, 0.2) is 0 Å². The molecule has 1 saturated heterocycles. The van der Waals surface area contributed by atoms with Crippen molar-refractivity contribution >= 4 is 29.0 Å². The number of halogens is 1. The highest BCUT2D eigenvalue weighted by Crippen LogP contribution is 2.22. The van der Waals surface area contributed by atoms with Crippen LogP contribution in [0.15, 0.2) is 42.6 Å². The molecule has 1 N–H and O–H groups in total. The highest BCUT2D eigenvalue weighted by atomic mass is 35.5. The van der Waals surface area contributed by atoms with Crippen LogP contribution in [0.25, 0.3) is 0 Å². The van der Waals surface area contributed by atoms with E-state index in [2.05, 4.69) is 40.0 Å². The lowest BCUT2D eigenvalue weighted by atomic mass is 10.2. The molecule has 1 amide bonds. The number of aromatic nitrogens is 1. The fourth-order valence-electron chi connectivity index (χ4n) is 2.97. The molecular weight excluding hydrogens is 348 g/mol. The summed E-state index contributed by atoms with van der Waals surface area (Å²) >= 11 is 6.09. The monoisotopic (exact) mass is 372 g/mol. The summed E-state index contributed by atoms with van der Waals surface area (Å²) in [5.74, 6) is 1.28. The Hall–Kier alpha value is -2.27. The molecule has 0 atom stereocenters. The summed E-state index contributed by atoms with van der Waals surface area (Å²) in [4.78, 5) is 21.1. The number of benzene rings is 1. The minimum atomic E-state index is -0.0662. The minimum absolute atomic E-state index is 0.0662. The molecule has 1 aromatic carbocycles. The van der Waals surface area contributed by atoms with Gasteiger partial charge in [0.2, 0.25) is 0 Å². The van der Waals surface area contributed by atoms with Crippen molar-refractivity contribution in [3.05, 3.63) is 53.2 Å². The topological polar surface area (TPSA) is 48.5 Å². The van der Waals surface area contributed by atoms with Gasteiger partial charge in [0.05, 0.1) is 5.56 Å². The lowest BCUT2D eigenvalue weighted by Crippen LogP contribution is -2.46. The number of carbonyl (C=O) groups is 1. The zero-order valence-corrected chi connectivity index (χ0v) is 16.0. The molecule has 1 aliphatic heterocycles. The largest absolute Gasteiger partial charge is 0.368 e. The second-order valence-corrected chi connectivity index (χ2v) is 7.40. The van der Waals surface area contributed by atoms with Crippen molar-refractivity contribution < 1.29 is 4.79 Å². The number of anilines is 2. The highest BCUT2D eigenvalue weighted by Gasteiger charge is 2.19. The number of hydrogen-bond donors (Lipinski definition) is 1. The zero-order valence-electron chi connectivity index (χ0n) is 15.3. The van der Waals surface area contributed by atoms with E-state index in [4.69, 9.17) is 11.6 Å². The summed E-state index contributed by atoms with van der Waals surface area (Å²) in [6.07, 6.45) is 1.66. The third-order valence-electron chi connectivity index (χ3n) is 4.46. The molecule has 1 fully saturated rings. The van der Waals surface area contributed by atoms with E-state index >= 15 is 0 Å². The molecule has 3 rings (SSSR count). The average Bonchev–Trinajstić information content (AvgIpc) is 2.66. The van der Waals surface area contributed by atoms with Gasteiger partial charge >= 0.3 is 0 Å². The Morgan fingerprint density at radius 3 is 2.50 bits per heavy atom. The zero-order chi connectivity index (χ0) is 18.5. The van der Waals surface area contributed by atoms with Crippen molar-refractivity contribution in [2.75, 3.05) is 42.5 Å². The van der Waals surface area contributed by atoms with Gasteiger partial charge in [-0.05, 0) is 36.2 Å². The molecule has 0 radical (unpaired) electrons.